The molecule has 4 N–H and O–H groups in total. The highest BCUT2D eigenvalue weighted by molar-refractivity contribution is 5.97. The van der Waals surface area contributed by atoms with E-state index >= 15 is 0 Å². The van der Waals surface area contributed by atoms with Crippen LogP contribution in [0.1, 0.15) is 48.0 Å². The molecule has 0 aliphatic carbocycles. The van der Waals surface area contributed by atoms with E-state index in [1.54, 1.807) is 43.3 Å². The number of carbonyl (C=O) groups excluding carboxylic acids is 3. The Morgan fingerprint density at radius 2 is 1.46 bits per heavy atom. The van der Waals surface area contributed by atoms with Crippen LogP contribution in [-0.4, -0.2) is 71.9 Å². The average molecular weight is 534 g/mol. The van der Waals surface area contributed by atoms with Crippen molar-refractivity contribution in [2.75, 3.05) is 39.3 Å². The molecule has 0 saturated carbocycles. The maximum Gasteiger partial charge on any atom is 0.270 e. The number of hydrogen-bond acceptors (Lipinski definition) is 7. The van der Waals surface area contributed by atoms with Crippen LogP contribution in [0, 0.1) is 12.7 Å². The van der Waals surface area contributed by atoms with Gasteiger partial charge in [0.25, 0.3) is 17.7 Å². The van der Waals surface area contributed by atoms with E-state index in [-0.39, 0.29) is 36.2 Å². The van der Waals surface area contributed by atoms with E-state index in [4.69, 9.17) is 0 Å². The fourth-order valence-corrected chi connectivity index (χ4v) is 4.11. The summed E-state index contributed by atoms with van der Waals surface area (Å²) in [5.74, 6) is -1.39. The van der Waals surface area contributed by atoms with Gasteiger partial charge in [-0.15, -0.1) is 0 Å². The SMILES string of the molecule is Cc1cc(CNC(=O)c2cc(C(=O)NCc3ccc(C(=O)NCCN4CCNCC4)cc3)ncn2)ccc1F. The predicted molar refractivity (Wildman–Crippen MR) is 144 cm³/mol. The lowest BCUT2D eigenvalue weighted by Crippen LogP contribution is -2.46. The first-order valence-electron chi connectivity index (χ1n) is 12.8. The zero-order valence-corrected chi connectivity index (χ0v) is 21.8. The van der Waals surface area contributed by atoms with Crippen molar-refractivity contribution < 1.29 is 18.8 Å². The third kappa shape index (κ3) is 8.13. The summed E-state index contributed by atoms with van der Waals surface area (Å²) in [7, 11) is 0. The molecule has 2 aromatic carbocycles. The minimum Gasteiger partial charge on any atom is -0.351 e. The number of aryl methyl sites for hydroxylation is 1. The van der Waals surface area contributed by atoms with Crippen molar-refractivity contribution in [3.63, 3.8) is 0 Å². The molecule has 1 aliphatic rings. The van der Waals surface area contributed by atoms with Crippen molar-refractivity contribution in [1.82, 2.24) is 36.1 Å². The first-order chi connectivity index (χ1) is 18.9. The van der Waals surface area contributed by atoms with Crippen LogP contribution in [0.3, 0.4) is 0 Å². The molecule has 1 aliphatic heterocycles. The second-order valence-electron chi connectivity index (χ2n) is 9.28. The Morgan fingerprint density at radius 3 is 2.10 bits per heavy atom. The molecule has 0 bridgehead atoms. The first kappa shape index (κ1) is 27.8. The number of amides is 3. The van der Waals surface area contributed by atoms with E-state index in [1.165, 1.54) is 12.1 Å². The Balaban J connectivity index is 1.23. The van der Waals surface area contributed by atoms with Gasteiger partial charge in [-0.1, -0.05) is 24.3 Å². The van der Waals surface area contributed by atoms with Crippen molar-refractivity contribution in [2.45, 2.75) is 20.0 Å². The molecule has 39 heavy (non-hydrogen) atoms. The smallest absolute Gasteiger partial charge is 0.270 e. The Kier molecular flexibility index (Phi) is 9.65. The second kappa shape index (κ2) is 13.5. The predicted octanol–water partition coefficient (Wildman–Crippen LogP) is 1.42. The quantitative estimate of drug-likeness (QED) is 0.310. The highest BCUT2D eigenvalue weighted by atomic mass is 19.1. The minimum atomic E-state index is -0.477. The summed E-state index contributed by atoms with van der Waals surface area (Å²) in [5, 5.41) is 11.7. The van der Waals surface area contributed by atoms with E-state index in [0.717, 1.165) is 50.2 Å². The number of benzene rings is 2. The lowest BCUT2D eigenvalue weighted by atomic mass is 10.1. The standard InChI is InChI=1S/C28H32FN7O3/c1-19-14-21(4-7-23(19)29)17-33-28(39)25-15-24(34-18-35-25)27(38)32-16-20-2-5-22(6-3-20)26(37)31-10-13-36-11-8-30-9-12-36/h2-7,14-15,18,30H,8-13,16-17H2,1H3,(H,31,37)(H,32,38)(H,33,39). The third-order valence-electron chi connectivity index (χ3n) is 6.40. The molecule has 10 nitrogen and oxygen atoms in total. The van der Waals surface area contributed by atoms with Gasteiger partial charge < -0.3 is 21.3 Å². The highest BCUT2D eigenvalue weighted by Gasteiger charge is 2.14. The Hall–Kier alpha value is -4.22. The van der Waals surface area contributed by atoms with Crippen molar-refractivity contribution in [1.29, 1.82) is 0 Å². The van der Waals surface area contributed by atoms with Gasteiger partial charge in [-0.3, -0.25) is 19.3 Å². The lowest BCUT2D eigenvalue weighted by molar-refractivity contribution is 0.0933. The largest absolute Gasteiger partial charge is 0.351 e. The lowest BCUT2D eigenvalue weighted by Gasteiger charge is -2.27. The van der Waals surface area contributed by atoms with Crippen LogP contribution in [0.5, 0.6) is 0 Å². The van der Waals surface area contributed by atoms with Crippen LogP contribution in [-0.2, 0) is 13.1 Å². The van der Waals surface area contributed by atoms with E-state index < -0.39 is 11.8 Å². The summed E-state index contributed by atoms with van der Waals surface area (Å²) >= 11 is 0. The first-order valence-corrected chi connectivity index (χ1v) is 12.8. The number of halogens is 1. The number of nitrogens with zero attached hydrogens (tertiary/aromatic N) is 3. The van der Waals surface area contributed by atoms with Gasteiger partial charge in [0, 0.05) is 64.0 Å². The van der Waals surface area contributed by atoms with Crippen LogP contribution >= 0.6 is 0 Å². The normalized spacial score (nSPS) is 13.5. The second-order valence-corrected chi connectivity index (χ2v) is 9.28. The number of carbonyl (C=O) groups is 3. The fraction of sp³-hybridized carbons (Fsp3) is 0.321. The molecule has 0 atom stereocenters. The van der Waals surface area contributed by atoms with Crippen LogP contribution in [0.15, 0.2) is 54.9 Å². The molecule has 1 aromatic heterocycles. The molecule has 4 rings (SSSR count). The molecule has 204 valence electrons. The molecule has 3 aromatic rings. The fourth-order valence-electron chi connectivity index (χ4n) is 4.11. The van der Waals surface area contributed by atoms with Crippen molar-refractivity contribution in [2.24, 2.45) is 0 Å². The van der Waals surface area contributed by atoms with Gasteiger partial charge in [0.1, 0.15) is 23.5 Å². The maximum absolute atomic E-state index is 13.4. The summed E-state index contributed by atoms with van der Waals surface area (Å²) in [4.78, 5) is 47.8. The van der Waals surface area contributed by atoms with Gasteiger partial charge in [0.2, 0.25) is 0 Å². The molecular formula is C28H32FN7O3. The molecule has 1 fully saturated rings. The molecule has 0 unspecified atom stereocenters. The molecule has 11 heteroatoms. The molecular weight excluding hydrogens is 501 g/mol. The highest BCUT2D eigenvalue weighted by Crippen LogP contribution is 2.10. The number of hydrogen-bond donors (Lipinski definition) is 4. The summed E-state index contributed by atoms with van der Waals surface area (Å²) in [6.07, 6.45) is 1.15. The topological polar surface area (TPSA) is 128 Å². The van der Waals surface area contributed by atoms with Gasteiger partial charge in [-0.2, -0.15) is 0 Å². The van der Waals surface area contributed by atoms with Crippen LogP contribution in [0.4, 0.5) is 4.39 Å². The van der Waals surface area contributed by atoms with Gasteiger partial charge in [-0.25, -0.2) is 14.4 Å². The minimum absolute atomic E-state index is 0.0429. The van der Waals surface area contributed by atoms with E-state index in [9.17, 15) is 18.8 Å². The average Bonchev–Trinajstić information content (AvgIpc) is 2.97. The van der Waals surface area contributed by atoms with Gasteiger partial charge in [0.15, 0.2) is 0 Å². The van der Waals surface area contributed by atoms with E-state index in [0.29, 0.717) is 17.7 Å². The van der Waals surface area contributed by atoms with Gasteiger partial charge >= 0.3 is 0 Å². The Morgan fingerprint density at radius 1 is 0.846 bits per heavy atom. The molecule has 3 amide bonds. The van der Waals surface area contributed by atoms with Crippen molar-refractivity contribution >= 4 is 17.7 Å². The Labute approximate surface area is 226 Å². The van der Waals surface area contributed by atoms with Crippen molar-refractivity contribution in [3.05, 3.63) is 94.3 Å². The number of piperazine rings is 1. The van der Waals surface area contributed by atoms with E-state index in [2.05, 4.69) is 36.1 Å². The summed E-state index contributed by atoms with van der Waals surface area (Å²) in [6, 6.07) is 12.9. The zero-order valence-electron chi connectivity index (χ0n) is 21.8. The summed E-state index contributed by atoms with van der Waals surface area (Å²) in [5.41, 5.74) is 2.68. The Bertz CT molecular complexity index is 1310. The van der Waals surface area contributed by atoms with E-state index in [1.807, 2.05) is 0 Å². The third-order valence-corrected chi connectivity index (χ3v) is 6.40. The number of aromatic nitrogens is 2. The monoisotopic (exact) mass is 533 g/mol. The molecule has 0 radical (unpaired) electrons. The van der Waals surface area contributed by atoms with Crippen LogP contribution < -0.4 is 21.3 Å². The van der Waals surface area contributed by atoms with Crippen molar-refractivity contribution in [3.8, 4) is 0 Å². The summed E-state index contributed by atoms with van der Waals surface area (Å²) in [6.45, 7) is 7.37. The van der Waals surface area contributed by atoms with Crippen LogP contribution in [0.2, 0.25) is 0 Å². The zero-order chi connectivity index (χ0) is 27.6. The molecule has 0 spiro atoms. The summed E-state index contributed by atoms with van der Waals surface area (Å²) < 4.78 is 13.4. The molecule has 2 heterocycles. The van der Waals surface area contributed by atoms with Gasteiger partial charge in [-0.05, 0) is 41.8 Å². The number of rotatable bonds is 10. The van der Waals surface area contributed by atoms with Gasteiger partial charge in [0.05, 0.1) is 0 Å². The maximum atomic E-state index is 13.4. The van der Waals surface area contributed by atoms with Crippen LogP contribution in [0.25, 0.3) is 0 Å². The molecule has 1 saturated heterocycles. The number of nitrogens with one attached hydrogen (secondary N) is 4.